The molecule has 1 aliphatic rings. The standard InChI is InChI=1S/C10H10FN5/c11-9-4-1-6(12)5-8(9)10-13-14-15-16(10)7-2-3-7/h1,4-5,7H,2-3,12H2. The first kappa shape index (κ1) is 9.26. The van der Waals surface area contributed by atoms with Gasteiger partial charge in [-0.25, -0.2) is 9.07 Å². The van der Waals surface area contributed by atoms with Crippen molar-refractivity contribution in [2.45, 2.75) is 18.9 Å². The molecule has 82 valence electrons. The highest BCUT2D eigenvalue weighted by molar-refractivity contribution is 5.61. The SMILES string of the molecule is Nc1ccc(F)c(-c2nnnn2C2CC2)c1. The first-order valence-corrected chi connectivity index (χ1v) is 5.09. The minimum absolute atomic E-state index is 0.311. The molecule has 2 N–H and O–H groups in total. The number of rotatable bonds is 2. The van der Waals surface area contributed by atoms with Gasteiger partial charge >= 0.3 is 0 Å². The van der Waals surface area contributed by atoms with Gasteiger partial charge in [-0.15, -0.1) is 5.10 Å². The summed E-state index contributed by atoms with van der Waals surface area (Å²) in [5.74, 6) is 0.0956. The van der Waals surface area contributed by atoms with Crippen molar-refractivity contribution in [1.29, 1.82) is 0 Å². The predicted octanol–water partition coefficient (Wildman–Crippen LogP) is 1.40. The summed E-state index contributed by atoms with van der Waals surface area (Å²) in [4.78, 5) is 0. The molecule has 0 amide bonds. The van der Waals surface area contributed by atoms with Crippen molar-refractivity contribution in [1.82, 2.24) is 20.2 Å². The van der Waals surface area contributed by atoms with Gasteiger partial charge in [-0.3, -0.25) is 0 Å². The van der Waals surface area contributed by atoms with E-state index in [9.17, 15) is 4.39 Å². The van der Waals surface area contributed by atoms with Gasteiger partial charge in [-0.05, 0) is 41.5 Å². The molecule has 0 atom stereocenters. The molecule has 3 rings (SSSR count). The highest BCUT2D eigenvalue weighted by Gasteiger charge is 2.29. The van der Waals surface area contributed by atoms with Crippen LogP contribution in [0.3, 0.4) is 0 Å². The minimum Gasteiger partial charge on any atom is -0.399 e. The van der Waals surface area contributed by atoms with Crippen molar-refractivity contribution < 1.29 is 4.39 Å². The van der Waals surface area contributed by atoms with Crippen LogP contribution in [0.15, 0.2) is 18.2 Å². The lowest BCUT2D eigenvalue weighted by Gasteiger charge is -2.04. The van der Waals surface area contributed by atoms with E-state index in [2.05, 4.69) is 15.5 Å². The third-order valence-electron chi connectivity index (χ3n) is 2.62. The second-order valence-corrected chi connectivity index (χ2v) is 3.92. The second-order valence-electron chi connectivity index (χ2n) is 3.92. The zero-order chi connectivity index (χ0) is 11.1. The summed E-state index contributed by atoms with van der Waals surface area (Å²) < 4.78 is 15.3. The highest BCUT2D eigenvalue weighted by atomic mass is 19.1. The molecule has 1 saturated carbocycles. The predicted molar refractivity (Wildman–Crippen MR) is 55.9 cm³/mol. The fourth-order valence-electron chi connectivity index (χ4n) is 1.65. The molecule has 0 spiro atoms. The lowest BCUT2D eigenvalue weighted by atomic mass is 10.2. The van der Waals surface area contributed by atoms with Crippen LogP contribution in [0.5, 0.6) is 0 Å². The van der Waals surface area contributed by atoms with Crippen LogP contribution in [0.2, 0.25) is 0 Å². The van der Waals surface area contributed by atoms with Gasteiger partial charge in [0.1, 0.15) is 5.82 Å². The fourth-order valence-corrected chi connectivity index (χ4v) is 1.65. The van der Waals surface area contributed by atoms with Gasteiger partial charge in [0, 0.05) is 5.69 Å². The average Bonchev–Trinajstić information content (AvgIpc) is 3.01. The molecular weight excluding hydrogens is 209 g/mol. The average molecular weight is 219 g/mol. The molecule has 0 bridgehead atoms. The lowest BCUT2D eigenvalue weighted by molar-refractivity contribution is 0.603. The molecule has 5 nitrogen and oxygen atoms in total. The first-order valence-electron chi connectivity index (χ1n) is 5.09. The van der Waals surface area contributed by atoms with Crippen molar-refractivity contribution >= 4 is 5.69 Å². The van der Waals surface area contributed by atoms with Crippen LogP contribution in [0.1, 0.15) is 18.9 Å². The van der Waals surface area contributed by atoms with Gasteiger partial charge in [-0.1, -0.05) is 0 Å². The number of halogens is 1. The molecule has 0 saturated heterocycles. The van der Waals surface area contributed by atoms with E-state index < -0.39 is 0 Å². The fraction of sp³-hybridized carbons (Fsp3) is 0.300. The van der Waals surface area contributed by atoms with E-state index in [0.717, 1.165) is 12.8 Å². The topological polar surface area (TPSA) is 69.6 Å². The minimum atomic E-state index is -0.356. The Labute approximate surface area is 91.1 Å². The van der Waals surface area contributed by atoms with Crippen molar-refractivity contribution in [3.05, 3.63) is 24.0 Å². The Balaban J connectivity index is 2.13. The van der Waals surface area contributed by atoms with E-state index in [1.807, 2.05) is 0 Å². The smallest absolute Gasteiger partial charge is 0.185 e. The van der Waals surface area contributed by atoms with Gasteiger partial charge in [0.25, 0.3) is 0 Å². The largest absolute Gasteiger partial charge is 0.399 e. The number of nitrogens with two attached hydrogens (primary N) is 1. The van der Waals surface area contributed by atoms with Crippen LogP contribution >= 0.6 is 0 Å². The molecule has 1 heterocycles. The van der Waals surface area contributed by atoms with E-state index in [0.29, 0.717) is 23.1 Å². The van der Waals surface area contributed by atoms with Crippen LogP contribution in [-0.2, 0) is 0 Å². The number of benzene rings is 1. The van der Waals surface area contributed by atoms with Gasteiger partial charge in [-0.2, -0.15) is 0 Å². The summed E-state index contributed by atoms with van der Waals surface area (Å²) in [5.41, 5.74) is 6.49. The lowest BCUT2D eigenvalue weighted by Crippen LogP contribution is -2.01. The Bertz CT molecular complexity index is 532. The molecule has 6 heteroatoms. The number of tetrazole rings is 1. The van der Waals surface area contributed by atoms with Gasteiger partial charge in [0.15, 0.2) is 5.82 Å². The van der Waals surface area contributed by atoms with E-state index in [4.69, 9.17) is 5.73 Å². The number of hydrogen-bond acceptors (Lipinski definition) is 4. The molecule has 0 radical (unpaired) electrons. The van der Waals surface area contributed by atoms with Crippen molar-refractivity contribution in [3.63, 3.8) is 0 Å². The molecule has 1 aliphatic carbocycles. The summed E-state index contributed by atoms with van der Waals surface area (Å²) in [6.45, 7) is 0. The maximum absolute atomic E-state index is 13.6. The van der Waals surface area contributed by atoms with Crippen LogP contribution in [0, 0.1) is 5.82 Å². The molecule has 1 aromatic heterocycles. The molecular formula is C10H10FN5. The highest BCUT2D eigenvalue weighted by Crippen LogP contribution is 2.37. The third-order valence-corrected chi connectivity index (χ3v) is 2.62. The van der Waals surface area contributed by atoms with Crippen molar-refractivity contribution in [3.8, 4) is 11.4 Å². The molecule has 1 aromatic carbocycles. The van der Waals surface area contributed by atoms with E-state index in [1.54, 1.807) is 10.7 Å². The normalized spacial score (nSPS) is 15.3. The van der Waals surface area contributed by atoms with Crippen LogP contribution in [-0.4, -0.2) is 20.2 Å². The van der Waals surface area contributed by atoms with Gasteiger partial charge < -0.3 is 5.73 Å². The number of nitrogens with zero attached hydrogens (tertiary/aromatic N) is 4. The number of aromatic nitrogens is 4. The van der Waals surface area contributed by atoms with Crippen molar-refractivity contribution in [2.24, 2.45) is 0 Å². The van der Waals surface area contributed by atoms with Crippen LogP contribution in [0.25, 0.3) is 11.4 Å². The summed E-state index contributed by atoms with van der Waals surface area (Å²) in [6.07, 6.45) is 2.09. The third kappa shape index (κ3) is 1.42. The molecule has 2 aromatic rings. The quantitative estimate of drug-likeness (QED) is 0.775. The monoisotopic (exact) mass is 219 g/mol. The molecule has 1 fully saturated rings. The van der Waals surface area contributed by atoms with E-state index in [1.165, 1.54) is 12.1 Å². The zero-order valence-corrected chi connectivity index (χ0v) is 8.47. The number of anilines is 1. The summed E-state index contributed by atoms with van der Waals surface area (Å²) in [5, 5.41) is 11.3. The Kier molecular flexibility index (Phi) is 1.89. The summed E-state index contributed by atoms with van der Waals surface area (Å²) in [6, 6.07) is 4.71. The Hall–Kier alpha value is -1.98. The zero-order valence-electron chi connectivity index (χ0n) is 8.47. The summed E-state index contributed by atoms with van der Waals surface area (Å²) in [7, 11) is 0. The van der Waals surface area contributed by atoms with Crippen LogP contribution < -0.4 is 5.73 Å². The van der Waals surface area contributed by atoms with Crippen molar-refractivity contribution in [2.75, 3.05) is 5.73 Å². The van der Waals surface area contributed by atoms with Crippen LogP contribution in [0.4, 0.5) is 10.1 Å². The number of nitrogen functional groups attached to an aromatic ring is 1. The van der Waals surface area contributed by atoms with E-state index in [-0.39, 0.29) is 5.82 Å². The molecule has 16 heavy (non-hydrogen) atoms. The molecule has 0 unspecified atom stereocenters. The Morgan fingerprint density at radius 3 is 2.94 bits per heavy atom. The molecule has 0 aliphatic heterocycles. The Morgan fingerprint density at radius 2 is 2.19 bits per heavy atom. The van der Waals surface area contributed by atoms with Gasteiger partial charge in [0.05, 0.1) is 11.6 Å². The maximum Gasteiger partial charge on any atom is 0.185 e. The maximum atomic E-state index is 13.6. The van der Waals surface area contributed by atoms with E-state index >= 15 is 0 Å². The number of hydrogen-bond donors (Lipinski definition) is 1. The second kappa shape index (κ2) is 3.26. The first-order chi connectivity index (χ1) is 7.75. The van der Waals surface area contributed by atoms with Gasteiger partial charge in [0.2, 0.25) is 0 Å². The summed E-state index contributed by atoms with van der Waals surface area (Å²) >= 11 is 0. The Morgan fingerprint density at radius 1 is 1.38 bits per heavy atom.